The van der Waals surface area contributed by atoms with Crippen LogP contribution in [0.1, 0.15) is 36.2 Å². The summed E-state index contributed by atoms with van der Waals surface area (Å²) in [6, 6.07) is 1.88. The van der Waals surface area contributed by atoms with Gasteiger partial charge in [0.15, 0.2) is 0 Å². The van der Waals surface area contributed by atoms with E-state index in [-0.39, 0.29) is 11.7 Å². The lowest BCUT2D eigenvalue weighted by Gasteiger charge is -2.12. The number of ether oxygens (including phenoxy) is 1. The minimum absolute atomic E-state index is 0.0170. The van der Waals surface area contributed by atoms with Crippen molar-refractivity contribution in [2.24, 2.45) is 0 Å². The predicted molar refractivity (Wildman–Crippen MR) is 63.0 cm³/mol. The normalized spacial score (nSPS) is 12.0. The smallest absolute Gasteiger partial charge is 0.338 e. The Kier molecular flexibility index (Phi) is 4.36. The van der Waals surface area contributed by atoms with Crippen molar-refractivity contribution in [1.82, 2.24) is 0 Å². The molecule has 0 aliphatic rings. The molecule has 0 fully saturated rings. The Morgan fingerprint density at radius 2 is 2.17 bits per heavy atom. The van der Waals surface area contributed by atoms with Crippen LogP contribution in [0, 0.1) is 22.9 Å². The second-order valence-electron chi connectivity index (χ2n) is 4.00. The molecule has 0 heterocycles. The van der Waals surface area contributed by atoms with E-state index in [0.717, 1.165) is 12.1 Å². The highest BCUT2D eigenvalue weighted by atomic mass is 19.1. The maximum atomic E-state index is 13.3. The van der Waals surface area contributed by atoms with E-state index in [2.05, 4.69) is 0 Å². The molecule has 1 aromatic rings. The zero-order valence-corrected chi connectivity index (χ0v) is 10.4. The number of nitro benzene ring substituents is 1. The summed E-state index contributed by atoms with van der Waals surface area (Å²) in [5.74, 6) is -1.64. The zero-order chi connectivity index (χ0) is 13.9. The molecule has 0 saturated heterocycles. The van der Waals surface area contributed by atoms with Crippen molar-refractivity contribution in [3.63, 3.8) is 0 Å². The van der Waals surface area contributed by atoms with Gasteiger partial charge < -0.3 is 4.74 Å². The lowest BCUT2D eigenvalue weighted by Crippen LogP contribution is -2.15. The minimum Gasteiger partial charge on any atom is -0.459 e. The Balaban J connectivity index is 3.12. The first-order chi connectivity index (χ1) is 8.36. The Labute approximate surface area is 104 Å². The van der Waals surface area contributed by atoms with E-state index in [1.807, 2.05) is 6.92 Å². The third kappa shape index (κ3) is 3.03. The third-order valence-corrected chi connectivity index (χ3v) is 2.59. The minimum atomic E-state index is -0.961. The average molecular weight is 255 g/mol. The van der Waals surface area contributed by atoms with Gasteiger partial charge in [0.1, 0.15) is 0 Å². The number of hydrogen-bond donors (Lipinski definition) is 0. The molecule has 0 spiro atoms. The molecule has 1 rings (SSSR count). The molecular weight excluding hydrogens is 241 g/mol. The molecule has 0 bridgehead atoms. The topological polar surface area (TPSA) is 69.4 Å². The number of esters is 1. The van der Waals surface area contributed by atoms with Crippen LogP contribution in [-0.2, 0) is 4.74 Å². The van der Waals surface area contributed by atoms with E-state index in [9.17, 15) is 19.3 Å². The monoisotopic (exact) mass is 255 g/mol. The highest BCUT2D eigenvalue weighted by Crippen LogP contribution is 2.23. The van der Waals surface area contributed by atoms with Crippen molar-refractivity contribution in [2.75, 3.05) is 0 Å². The van der Waals surface area contributed by atoms with E-state index < -0.39 is 22.4 Å². The zero-order valence-electron chi connectivity index (χ0n) is 10.4. The number of carbonyl (C=O) groups excluding carboxylic acids is 1. The molecule has 0 amide bonds. The average Bonchev–Trinajstić information content (AvgIpc) is 2.27. The molecule has 1 atom stereocenters. The SMILES string of the molecule is CCC(C)OC(=O)c1cc([N+](=O)[O-])c(F)cc1C. The van der Waals surface area contributed by atoms with Gasteiger partial charge in [-0.25, -0.2) is 4.79 Å². The number of halogens is 1. The standard InChI is InChI=1S/C12H14FNO4/c1-4-8(3)18-12(15)9-6-11(14(16)17)10(13)5-7(9)2/h5-6,8H,4H2,1-3H3. The Bertz CT molecular complexity index is 487. The van der Waals surface area contributed by atoms with Crippen molar-refractivity contribution in [1.29, 1.82) is 0 Å². The van der Waals surface area contributed by atoms with Crippen molar-refractivity contribution < 1.29 is 18.8 Å². The van der Waals surface area contributed by atoms with Gasteiger partial charge in [-0.2, -0.15) is 4.39 Å². The summed E-state index contributed by atoms with van der Waals surface area (Å²) in [7, 11) is 0. The highest BCUT2D eigenvalue weighted by molar-refractivity contribution is 5.92. The summed E-state index contributed by atoms with van der Waals surface area (Å²) >= 11 is 0. The van der Waals surface area contributed by atoms with Crippen molar-refractivity contribution in [3.8, 4) is 0 Å². The fraction of sp³-hybridized carbons (Fsp3) is 0.417. The van der Waals surface area contributed by atoms with E-state index >= 15 is 0 Å². The van der Waals surface area contributed by atoms with Crippen LogP contribution in [0.5, 0.6) is 0 Å². The van der Waals surface area contributed by atoms with Crippen molar-refractivity contribution in [2.45, 2.75) is 33.3 Å². The molecule has 98 valence electrons. The lowest BCUT2D eigenvalue weighted by molar-refractivity contribution is -0.387. The fourth-order valence-electron chi connectivity index (χ4n) is 1.35. The Hall–Kier alpha value is -1.98. The molecule has 0 N–H and O–H groups in total. The van der Waals surface area contributed by atoms with Gasteiger partial charge in [-0.15, -0.1) is 0 Å². The largest absolute Gasteiger partial charge is 0.459 e. The summed E-state index contributed by atoms with van der Waals surface area (Å²) in [6.07, 6.45) is 0.342. The van der Waals surface area contributed by atoms with Gasteiger partial charge in [0, 0.05) is 6.07 Å². The molecule has 1 aromatic carbocycles. The van der Waals surface area contributed by atoms with Gasteiger partial charge in [0.2, 0.25) is 5.82 Å². The number of hydrogen-bond acceptors (Lipinski definition) is 4. The molecule has 0 radical (unpaired) electrons. The van der Waals surface area contributed by atoms with E-state index in [1.165, 1.54) is 6.92 Å². The number of aryl methyl sites for hydroxylation is 1. The quantitative estimate of drug-likeness (QED) is 0.471. The molecule has 6 heteroatoms. The van der Waals surface area contributed by atoms with Gasteiger partial charge in [0.05, 0.1) is 16.6 Å². The number of benzene rings is 1. The predicted octanol–water partition coefficient (Wildman–Crippen LogP) is 3.00. The van der Waals surface area contributed by atoms with Crippen LogP contribution < -0.4 is 0 Å². The summed E-state index contributed by atoms with van der Waals surface area (Å²) in [4.78, 5) is 21.5. The number of nitrogens with zero attached hydrogens (tertiary/aromatic N) is 1. The van der Waals surface area contributed by atoms with Gasteiger partial charge in [-0.05, 0) is 31.9 Å². The van der Waals surface area contributed by atoms with E-state index in [0.29, 0.717) is 12.0 Å². The van der Waals surface area contributed by atoms with Crippen LogP contribution in [0.3, 0.4) is 0 Å². The summed E-state index contributed by atoms with van der Waals surface area (Å²) < 4.78 is 18.3. The molecule has 5 nitrogen and oxygen atoms in total. The maximum absolute atomic E-state index is 13.3. The second kappa shape index (κ2) is 5.57. The molecule has 0 aromatic heterocycles. The van der Waals surface area contributed by atoms with Crippen molar-refractivity contribution in [3.05, 3.63) is 39.2 Å². The third-order valence-electron chi connectivity index (χ3n) is 2.59. The number of carbonyl (C=O) groups is 1. The number of rotatable bonds is 4. The van der Waals surface area contributed by atoms with Crippen LogP contribution in [0.2, 0.25) is 0 Å². The van der Waals surface area contributed by atoms with E-state index in [4.69, 9.17) is 4.74 Å². The molecule has 0 aliphatic heterocycles. The van der Waals surface area contributed by atoms with Crippen LogP contribution in [0.15, 0.2) is 12.1 Å². The van der Waals surface area contributed by atoms with Gasteiger partial charge in [-0.1, -0.05) is 6.92 Å². The first-order valence-electron chi connectivity index (χ1n) is 5.52. The van der Waals surface area contributed by atoms with Crippen LogP contribution in [0.4, 0.5) is 10.1 Å². The van der Waals surface area contributed by atoms with Gasteiger partial charge >= 0.3 is 11.7 Å². The van der Waals surface area contributed by atoms with Crippen LogP contribution in [0.25, 0.3) is 0 Å². The molecular formula is C12H14FNO4. The summed E-state index contributed by atoms with van der Waals surface area (Å²) in [5.41, 5.74) is -0.397. The van der Waals surface area contributed by atoms with E-state index in [1.54, 1.807) is 6.92 Å². The second-order valence-corrected chi connectivity index (χ2v) is 4.00. The highest BCUT2D eigenvalue weighted by Gasteiger charge is 2.21. The number of nitro groups is 1. The Morgan fingerprint density at radius 1 is 1.56 bits per heavy atom. The first kappa shape index (κ1) is 14.1. The molecule has 0 aliphatic carbocycles. The van der Waals surface area contributed by atoms with Crippen molar-refractivity contribution >= 4 is 11.7 Å². The molecule has 1 unspecified atom stereocenters. The summed E-state index contributed by atoms with van der Waals surface area (Å²) in [5, 5.41) is 10.6. The first-order valence-corrected chi connectivity index (χ1v) is 5.52. The molecule has 18 heavy (non-hydrogen) atoms. The molecule has 0 saturated carbocycles. The van der Waals surface area contributed by atoms with Gasteiger partial charge in [-0.3, -0.25) is 10.1 Å². The van der Waals surface area contributed by atoms with Gasteiger partial charge in [0.25, 0.3) is 0 Å². The maximum Gasteiger partial charge on any atom is 0.338 e. The lowest BCUT2D eigenvalue weighted by atomic mass is 10.1. The Morgan fingerprint density at radius 3 is 2.67 bits per heavy atom. The summed E-state index contributed by atoms with van der Waals surface area (Å²) in [6.45, 7) is 5.06. The van der Waals surface area contributed by atoms with Crippen LogP contribution >= 0.6 is 0 Å². The van der Waals surface area contributed by atoms with Crippen LogP contribution in [-0.4, -0.2) is 17.0 Å². The fourth-order valence-corrected chi connectivity index (χ4v) is 1.35.